The van der Waals surface area contributed by atoms with E-state index in [1.54, 1.807) is 0 Å². The van der Waals surface area contributed by atoms with Crippen molar-refractivity contribution in [2.75, 3.05) is 0 Å². The van der Waals surface area contributed by atoms with Crippen molar-refractivity contribution < 1.29 is 4.74 Å². The first-order chi connectivity index (χ1) is 12.5. The van der Waals surface area contributed by atoms with Crippen molar-refractivity contribution in [1.82, 2.24) is 14.5 Å². The van der Waals surface area contributed by atoms with Crippen molar-refractivity contribution in [3.63, 3.8) is 0 Å². The van der Waals surface area contributed by atoms with Gasteiger partial charge in [0.05, 0.1) is 23.9 Å². The summed E-state index contributed by atoms with van der Waals surface area (Å²) in [4.78, 5) is 9.37. The van der Waals surface area contributed by atoms with Crippen LogP contribution in [0.2, 0.25) is 0 Å². The van der Waals surface area contributed by atoms with E-state index in [1.807, 2.05) is 24.5 Å². The SMILES string of the molecule is Cn1ccnc1C1CC(C)(C)CCC1OCc1ccc2ccccc2n1. The zero-order chi connectivity index (χ0) is 18.1. The van der Waals surface area contributed by atoms with Crippen LogP contribution in [0.1, 0.15) is 50.5 Å². The molecule has 2 aromatic heterocycles. The highest BCUT2D eigenvalue weighted by Gasteiger charge is 2.38. The first-order valence-electron chi connectivity index (χ1n) is 9.45. The fourth-order valence-electron chi connectivity index (χ4n) is 4.14. The van der Waals surface area contributed by atoms with Gasteiger partial charge in [0.1, 0.15) is 5.82 Å². The van der Waals surface area contributed by atoms with Gasteiger partial charge in [-0.25, -0.2) is 4.98 Å². The van der Waals surface area contributed by atoms with E-state index in [2.05, 4.69) is 54.7 Å². The number of fused-ring (bicyclic) bond motifs is 1. The molecule has 4 heteroatoms. The van der Waals surface area contributed by atoms with Crippen LogP contribution in [0.3, 0.4) is 0 Å². The molecule has 0 radical (unpaired) electrons. The second-order valence-electron chi connectivity index (χ2n) is 8.25. The molecular weight excluding hydrogens is 322 g/mol. The van der Waals surface area contributed by atoms with Crippen LogP contribution >= 0.6 is 0 Å². The molecule has 1 aliphatic rings. The minimum absolute atomic E-state index is 0.192. The molecular formula is C22H27N3O. The molecule has 0 saturated heterocycles. The lowest BCUT2D eigenvalue weighted by Gasteiger charge is -2.40. The summed E-state index contributed by atoms with van der Waals surface area (Å²) in [7, 11) is 2.08. The summed E-state index contributed by atoms with van der Waals surface area (Å²) in [6, 6.07) is 12.4. The van der Waals surface area contributed by atoms with E-state index < -0.39 is 0 Å². The predicted octanol–water partition coefficient (Wildman–Crippen LogP) is 4.85. The van der Waals surface area contributed by atoms with Crippen LogP contribution in [0.25, 0.3) is 10.9 Å². The monoisotopic (exact) mass is 349 g/mol. The predicted molar refractivity (Wildman–Crippen MR) is 104 cm³/mol. The van der Waals surface area contributed by atoms with Gasteiger partial charge in [0.25, 0.3) is 0 Å². The third kappa shape index (κ3) is 3.51. The zero-order valence-corrected chi connectivity index (χ0v) is 15.9. The van der Waals surface area contributed by atoms with Gasteiger partial charge in [-0.1, -0.05) is 38.1 Å². The van der Waals surface area contributed by atoms with Crippen molar-refractivity contribution in [3.05, 3.63) is 60.3 Å². The molecule has 2 atom stereocenters. The summed E-state index contributed by atoms with van der Waals surface area (Å²) in [5.41, 5.74) is 2.35. The third-order valence-corrected chi connectivity index (χ3v) is 5.62. The Morgan fingerprint density at radius 3 is 2.85 bits per heavy atom. The maximum atomic E-state index is 6.39. The van der Waals surface area contributed by atoms with Crippen molar-refractivity contribution >= 4 is 10.9 Å². The van der Waals surface area contributed by atoms with Gasteiger partial charge in [-0.15, -0.1) is 0 Å². The maximum absolute atomic E-state index is 6.39. The highest BCUT2D eigenvalue weighted by Crippen LogP contribution is 2.44. The highest BCUT2D eigenvalue weighted by molar-refractivity contribution is 5.78. The Balaban J connectivity index is 1.52. The largest absolute Gasteiger partial charge is 0.371 e. The molecule has 26 heavy (non-hydrogen) atoms. The fraction of sp³-hybridized carbons (Fsp3) is 0.455. The lowest BCUT2D eigenvalue weighted by Crippen LogP contribution is -2.35. The van der Waals surface area contributed by atoms with Crippen LogP contribution in [0, 0.1) is 5.41 Å². The number of hydrogen-bond donors (Lipinski definition) is 0. The topological polar surface area (TPSA) is 39.9 Å². The Labute approximate surface area is 155 Å². The van der Waals surface area contributed by atoms with Gasteiger partial charge >= 0.3 is 0 Å². The van der Waals surface area contributed by atoms with Crippen LogP contribution in [-0.4, -0.2) is 20.6 Å². The Morgan fingerprint density at radius 1 is 1.19 bits per heavy atom. The molecule has 1 aromatic carbocycles. The zero-order valence-electron chi connectivity index (χ0n) is 15.9. The lowest BCUT2D eigenvalue weighted by molar-refractivity contribution is -0.0256. The number of pyridine rings is 1. The van der Waals surface area contributed by atoms with Crippen LogP contribution in [-0.2, 0) is 18.4 Å². The quantitative estimate of drug-likeness (QED) is 0.676. The normalized spacial score (nSPS) is 22.6. The van der Waals surface area contributed by atoms with E-state index in [0.717, 1.165) is 29.9 Å². The average molecular weight is 349 g/mol. The summed E-state index contributed by atoms with van der Waals surface area (Å²) in [6.45, 7) is 5.25. The number of rotatable bonds is 4. The van der Waals surface area contributed by atoms with Gasteiger partial charge < -0.3 is 9.30 Å². The number of aryl methyl sites for hydroxylation is 1. The minimum atomic E-state index is 0.192. The maximum Gasteiger partial charge on any atom is 0.114 e. The molecule has 1 saturated carbocycles. The Hall–Kier alpha value is -2.20. The van der Waals surface area contributed by atoms with Crippen LogP contribution in [0.15, 0.2) is 48.8 Å². The molecule has 0 amide bonds. The number of imidazole rings is 1. The number of nitrogens with zero attached hydrogens (tertiary/aromatic N) is 3. The summed E-state index contributed by atoms with van der Waals surface area (Å²) >= 11 is 0. The molecule has 4 rings (SSSR count). The van der Waals surface area contributed by atoms with E-state index in [0.29, 0.717) is 17.9 Å². The highest BCUT2D eigenvalue weighted by atomic mass is 16.5. The molecule has 1 aliphatic carbocycles. The molecule has 0 bridgehead atoms. The number of ether oxygens (including phenoxy) is 1. The smallest absolute Gasteiger partial charge is 0.114 e. The molecule has 2 heterocycles. The number of hydrogen-bond acceptors (Lipinski definition) is 3. The summed E-state index contributed by atoms with van der Waals surface area (Å²) in [5.74, 6) is 1.47. The standard InChI is InChI=1S/C22H27N3O/c1-22(2)11-10-20(18(14-22)21-23-12-13-25(21)3)26-15-17-9-8-16-6-4-5-7-19(16)24-17/h4-9,12-13,18,20H,10-11,14-15H2,1-3H3. The first kappa shape index (κ1) is 17.2. The van der Waals surface area contributed by atoms with Gasteiger partial charge in [-0.3, -0.25) is 4.98 Å². The van der Waals surface area contributed by atoms with Gasteiger partial charge in [-0.05, 0) is 36.8 Å². The molecule has 3 aromatic rings. The number of para-hydroxylation sites is 1. The Kier molecular flexibility index (Phi) is 4.53. The summed E-state index contributed by atoms with van der Waals surface area (Å²) < 4.78 is 8.52. The average Bonchev–Trinajstić information content (AvgIpc) is 3.06. The van der Waals surface area contributed by atoms with Crippen molar-refractivity contribution in [2.45, 2.75) is 51.7 Å². The van der Waals surface area contributed by atoms with Crippen LogP contribution in [0.4, 0.5) is 0 Å². The van der Waals surface area contributed by atoms with Gasteiger partial charge in [-0.2, -0.15) is 0 Å². The van der Waals surface area contributed by atoms with Crippen molar-refractivity contribution in [2.24, 2.45) is 12.5 Å². The number of benzene rings is 1. The van der Waals surface area contributed by atoms with E-state index >= 15 is 0 Å². The second kappa shape index (κ2) is 6.84. The molecule has 0 aliphatic heterocycles. The van der Waals surface area contributed by atoms with Crippen LogP contribution < -0.4 is 0 Å². The minimum Gasteiger partial charge on any atom is -0.371 e. The molecule has 0 N–H and O–H groups in total. The van der Waals surface area contributed by atoms with Gasteiger partial charge in [0.2, 0.25) is 0 Å². The first-order valence-corrected chi connectivity index (χ1v) is 9.45. The Bertz CT molecular complexity index is 899. The summed E-state index contributed by atoms with van der Waals surface area (Å²) in [5, 5.41) is 1.17. The van der Waals surface area contributed by atoms with Crippen LogP contribution in [0.5, 0.6) is 0 Å². The van der Waals surface area contributed by atoms with E-state index in [9.17, 15) is 0 Å². The molecule has 1 fully saturated rings. The van der Waals surface area contributed by atoms with Crippen molar-refractivity contribution in [1.29, 1.82) is 0 Å². The van der Waals surface area contributed by atoms with Gasteiger partial charge in [0.15, 0.2) is 0 Å². The molecule has 136 valence electrons. The van der Waals surface area contributed by atoms with Crippen molar-refractivity contribution in [3.8, 4) is 0 Å². The molecule has 0 spiro atoms. The number of aromatic nitrogens is 3. The van der Waals surface area contributed by atoms with E-state index in [1.165, 1.54) is 11.8 Å². The van der Waals surface area contributed by atoms with E-state index in [4.69, 9.17) is 9.72 Å². The molecule has 2 unspecified atom stereocenters. The third-order valence-electron chi connectivity index (χ3n) is 5.62. The molecule has 4 nitrogen and oxygen atoms in total. The lowest BCUT2D eigenvalue weighted by atomic mass is 9.70. The second-order valence-corrected chi connectivity index (χ2v) is 8.25. The Morgan fingerprint density at radius 2 is 2.04 bits per heavy atom. The van der Waals surface area contributed by atoms with E-state index in [-0.39, 0.29) is 6.10 Å². The summed E-state index contributed by atoms with van der Waals surface area (Å²) in [6.07, 6.45) is 7.46. The van der Waals surface area contributed by atoms with Gasteiger partial charge in [0, 0.05) is 30.7 Å². The fourth-order valence-corrected chi connectivity index (χ4v) is 4.14.